The molecule has 0 bridgehead atoms. The van der Waals surface area contributed by atoms with Gasteiger partial charge in [0.25, 0.3) is 0 Å². The first-order chi connectivity index (χ1) is 14.1. The smallest absolute Gasteiger partial charge is 0.219 e. The van der Waals surface area contributed by atoms with E-state index in [1.165, 1.54) is 13.3 Å². The normalized spacial score (nSPS) is 16.8. The Morgan fingerprint density at radius 2 is 2.17 bits per heavy atom. The molecule has 1 aliphatic heterocycles. The summed E-state index contributed by atoms with van der Waals surface area (Å²) in [6, 6.07) is 10.9. The summed E-state index contributed by atoms with van der Waals surface area (Å²) in [7, 11) is 0. The van der Waals surface area contributed by atoms with E-state index in [0.29, 0.717) is 18.2 Å². The molecule has 0 saturated carbocycles. The third-order valence-electron chi connectivity index (χ3n) is 4.33. The van der Waals surface area contributed by atoms with Gasteiger partial charge in [0.1, 0.15) is 18.1 Å². The first-order valence-electron chi connectivity index (χ1n) is 9.85. The van der Waals surface area contributed by atoms with Gasteiger partial charge in [-0.2, -0.15) is 0 Å². The molecule has 1 amide bonds. The van der Waals surface area contributed by atoms with Gasteiger partial charge in [-0.05, 0) is 44.4 Å². The van der Waals surface area contributed by atoms with Gasteiger partial charge in [-0.25, -0.2) is 4.98 Å². The Morgan fingerprint density at radius 1 is 1.31 bits per heavy atom. The molecule has 6 heteroatoms. The van der Waals surface area contributed by atoms with E-state index in [1.807, 2.05) is 37.3 Å². The second-order valence-electron chi connectivity index (χ2n) is 6.95. The molecule has 2 heterocycles. The second-order valence-corrected chi connectivity index (χ2v) is 6.95. The van der Waals surface area contributed by atoms with Crippen LogP contribution in [0.15, 0.2) is 42.6 Å². The number of nitrogens with zero attached hydrogens (tertiary/aromatic N) is 1. The summed E-state index contributed by atoms with van der Waals surface area (Å²) < 4.78 is 17.4. The van der Waals surface area contributed by atoms with Gasteiger partial charge < -0.3 is 19.5 Å². The number of carbonyl (C=O) groups is 1. The van der Waals surface area contributed by atoms with Crippen molar-refractivity contribution in [3.8, 4) is 29.2 Å². The van der Waals surface area contributed by atoms with Gasteiger partial charge in [0.05, 0.1) is 12.1 Å². The van der Waals surface area contributed by atoms with Crippen molar-refractivity contribution in [2.75, 3.05) is 13.2 Å². The number of ether oxygens (including phenoxy) is 3. The molecule has 1 aromatic carbocycles. The van der Waals surface area contributed by atoms with Crippen LogP contribution in [0.4, 0.5) is 0 Å². The third kappa shape index (κ3) is 7.13. The summed E-state index contributed by atoms with van der Waals surface area (Å²) in [6.45, 7) is 4.66. The minimum absolute atomic E-state index is 0.105. The van der Waals surface area contributed by atoms with Crippen LogP contribution in [-0.2, 0) is 9.53 Å². The number of hydrogen-bond donors (Lipinski definition) is 1. The fraction of sp³-hybridized carbons (Fsp3) is 0.391. The lowest BCUT2D eigenvalue weighted by Crippen LogP contribution is -2.28. The Kier molecular flexibility index (Phi) is 7.48. The van der Waals surface area contributed by atoms with Crippen molar-refractivity contribution in [2.45, 2.75) is 45.3 Å². The van der Waals surface area contributed by atoms with E-state index >= 15 is 0 Å². The van der Waals surface area contributed by atoms with Crippen LogP contribution in [0.3, 0.4) is 0 Å². The number of hydrogen-bond acceptors (Lipinski definition) is 5. The van der Waals surface area contributed by atoms with Gasteiger partial charge in [0.2, 0.25) is 11.8 Å². The van der Waals surface area contributed by atoms with Gasteiger partial charge in [0, 0.05) is 37.4 Å². The van der Waals surface area contributed by atoms with Crippen LogP contribution in [0.25, 0.3) is 0 Å². The van der Waals surface area contributed by atoms with E-state index in [4.69, 9.17) is 14.2 Å². The van der Waals surface area contributed by atoms with Crippen molar-refractivity contribution in [1.29, 1.82) is 0 Å². The minimum atomic E-state index is -0.217. The van der Waals surface area contributed by atoms with Crippen LogP contribution < -0.4 is 14.8 Å². The van der Waals surface area contributed by atoms with E-state index in [0.717, 1.165) is 30.8 Å². The highest BCUT2D eigenvalue weighted by molar-refractivity contribution is 5.73. The lowest BCUT2D eigenvalue weighted by Gasteiger charge is -2.22. The highest BCUT2D eigenvalue weighted by atomic mass is 16.5. The maximum Gasteiger partial charge on any atom is 0.219 e. The van der Waals surface area contributed by atoms with E-state index < -0.39 is 0 Å². The van der Waals surface area contributed by atoms with Crippen molar-refractivity contribution in [1.82, 2.24) is 10.3 Å². The summed E-state index contributed by atoms with van der Waals surface area (Å²) in [6.07, 6.45) is 5.17. The molecule has 6 nitrogen and oxygen atoms in total. The number of amides is 1. The van der Waals surface area contributed by atoms with E-state index in [9.17, 15) is 4.79 Å². The largest absolute Gasteiger partial charge is 0.491 e. The Labute approximate surface area is 171 Å². The molecule has 1 N–H and O–H groups in total. The molecule has 29 heavy (non-hydrogen) atoms. The predicted octanol–water partition coefficient (Wildman–Crippen LogP) is 3.70. The van der Waals surface area contributed by atoms with Crippen molar-refractivity contribution < 1.29 is 19.0 Å². The second kappa shape index (κ2) is 10.5. The molecule has 1 fully saturated rings. The Bertz CT molecular complexity index is 864. The van der Waals surface area contributed by atoms with Gasteiger partial charge in [-0.15, -0.1) is 0 Å². The molecule has 152 valence electrons. The molecule has 1 aliphatic rings. The van der Waals surface area contributed by atoms with E-state index in [2.05, 4.69) is 22.1 Å². The molecular weight excluding hydrogens is 368 g/mol. The quantitative estimate of drug-likeness (QED) is 0.757. The van der Waals surface area contributed by atoms with E-state index in [1.54, 1.807) is 12.3 Å². The Hall–Kier alpha value is -3.04. The molecule has 0 aliphatic carbocycles. The van der Waals surface area contributed by atoms with Crippen LogP contribution in [-0.4, -0.2) is 36.3 Å². The number of aromatic nitrogens is 1. The van der Waals surface area contributed by atoms with Crippen molar-refractivity contribution in [2.24, 2.45) is 0 Å². The summed E-state index contributed by atoms with van der Waals surface area (Å²) in [5, 5.41) is 2.72. The Morgan fingerprint density at radius 3 is 2.90 bits per heavy atom. The summed E-state index contributed by atoms with van der Waals surface area (Å²) in [5.74, 6) is 7.70. The number of carbonyl (C=O) groups excluding carboxylic acids is 1. The lowest BCUT2D eigenvalue weighted by atomic mass is 10.1. The van der Waals surface area contributed by atoms with Gasteiger partial charge in [0.15, 0.2) is 0 Å². The van der Waals surface area contributed by atoms with Crippen LogP contribution >= 0.6 is 0 Å². The zero-order chi connectivity index (χ0) is 20.5. The molecule has 3 rings (SSSR count). The van der Waals surface area contributed by atoms with Crippen LogP contribution in [0.5, 0.6) is 17.4 Å². The van der Waals surface area contributed by atoms with Crippen LogP contribution in [0.1, 0.15) is 38.7 Å². The number of pyridine rings is 1. The molecule has 1 aromatic heterocycles. The van der Waals surface area contributed by atoms with Crippen LogP contribution in [0, 0.1) is 11.8 Å². The average molecular weight is 394 g/mol. The highest BCUT2D eigenvalue weighted by Gasteiger charge is 2.14. The molecule has 2 atom stereocenters. The average Bonchev–Trinajstić information content (AvgIpc) is 2.72. The molecular formula is C23H26N2O4. The molecule has 0 radical (unpaired) electrons. The zero-order valence-corrected chi connectivity index (χ0v) is 16.8. The summed E-state index contributed by atoms with van der Waals surface area (Å²) in [5.41, 5.74) is 0.749. The standard InChI is InChI=1S/C23H26N2O4/c1-17(25-18(2)26)9-10-19-11-12-23(24-15-19)29-21-8-5-7-20(14-21)28-16-22-6-3-4-13-27-22/h5,7-8,11-12,14-15,17,22H,3-4,6,13,16H2,1-2H3,(H,25,26). The van der Waals surface area contributed by atoms with Crippen molar-refractivity contribution in [3.05, 3.63) is 48.2 Å². The topological polar surface area (TPSA) is 69.7 Å². The lowest BCUT2D eigenvalue weighted by molar-refractivity contribution is -0.119. The number of benzene rings is 1. The van der Waals surface area contributed by atoms with Crippen molar-refractivity contribution >= 4 is 5.91 Å². The first-order valence-corrected chi connectivity index (χ1v) is 9.85. The Balaban J connectivity index is 1.54. The maximum atomic E-state index is 11.0. The fourth-order valence-electron chi connectivity index (χ4n) is 2.92. The third-order valence-corrected chi connectivity index (χ3v) is 4.33. The first kappa shape index (κ1) is 20.7. The highest BCUT2D eigenvalue weighted by Crippen LogP contribution is 2.25. The fourth-order valence-corrected chi connectivity index (χ4v) is 2.92. The predicted molar refractivity (Wildman–Crippen MR) is 110 cm³/mol. The number of nitrogens with one attached hydrogen (secondary N) is 1. The number of rotatable bonds is 6. The van der Waals surface area contributed by atoms with Crippen molar-refractivity contribution in [3.63, 3.8) is 0 Å². The van der Waals surface area contributed by atoms with Gasteiger partial charge in [-0.3, -0.25) is 4.79 Å². The van der Waals surface area contributed by atoms with Gasteiger partial charge in [-0.1, -0.05) is 17.9 Å². The summed E-state index contributed by atoms with van der Waals surface area (Å²) in [4.78, 5) is 15.3. The molecule has 1 saturated heterocycles. The minimum Gasteiger partial charge on any atom is -0.491 e. The zero-order valence-electron chi connectivity index (χ0n) is 16.8. The maximum absolute atomic E-state index is 11.0. The van der Waals surface area contributed by atoms with Gasteiger partial charge >= 0.3 is 0 Å². The molecule has 2 unspecified atom stereocenters. The monoisotopic (exact) mass is 394 g/mol. The SMILES string of the molecule is CC(=O)NC(C)C#Cc1ccc(Oc2cccc(OCC3CCCCO3)c2)nc1. The molecule has 0 spiro atoms. The molecule has 2 aromatic rings. The summed E-state index contributed by atoms with van der Waals surface area (Å²) >= 11 is 0. The van der Waals surface area contributed by atoms with Crippen LogP contribution in [0.2, 0.25) is 0 Å². The van der Waals surface area contributed by atoms with E-state index in [-0.39, 0.29) is 18.1 Å².